The Morgan fingerprint density at radius 2 is 1.92 bits per heavy atom. The van der Waals surface area contributed by atoms with Gasteiger partial charge < -0.3 is 9.72 Å². The molecule has 0 aliphatic heterocycles. The maximum atomic E-state index is 12.9. The summed E-state index contributed by atoms with van der Waals surface area (Å²) in [5.41, 5.74) is 3.32. The van der Waals surface area contributed by atoms with Crippen LogP contribution in [0.2, 0.25) is 5.02 Å². The minimum absolute atomic E-state index is 0.190. The number of fused-ring (bicyclic) bond motifs is 1. The van der Waals surface area contributed by atoms with Gasteiger partial charge in [-0.2, -0.15) is 0 Å². The summed E-state index contributed by atoms with van der Waals surface area (Å²) in [6.07, 6.45) is 0. The summed E-state index contributed by atoms with van der Waals surface area (Å²) in [6, 6.07) is 13.2. The van der Waals surface area contributed by atoms with Gasteiger partial charge in [-0.15, -0.1) is 11.3 Å². The van der Waals surface area contributed by atoms with E-state index in [2.05, 4.69) is 9.97 Å². The van der Waals surface area contributed by atoms with Gasteiger partial charge in [-0.1, -0.05) is 35.4 Å². The molecule has 26 heavy (non-hydrogen) atoms. The highest BCUT2D eigenvalue weighted by molar-refractivity contribution is 7.17. The van der Waals surface area contributed by atoms with Crippen molar-refractivity contribution in [2.75, 3.05) is 7.11 Å². The van der Waals surface area contributed by atoms with Crippen molar-refractivity contribution in [3.8, 4) is 28.3 Å². The van der Waals surface area contributed by atoms with Gasteiger partial charge in [-0.25, -0.2) is 4.98 Å². The average Bonchev–Trinajstić information content (AvgIpc) is 3.06. The molecule has 0 aliphatic rings. The van der Waals surface area contributed by atoms with Crippen LogP contribution in [0.15, 0.2) is 52.6 Å². The standard InChI is InChI=1S/C20H15ClN2O2S/c1-11-7-8-16(25-2)13(9-11)14-10-26-20-17(14)19(24)22-18(23-20)12-5-3-4-6-15(12)21/h3-10H,1-2H3,(H,22,23,24). The van der Waals surface area contributed by atoms with Crippen LogP contribution >= 0.6 is 22.9 Å². The summed E-state index contributed by atoms with van der Waals surface area (Å²) < 4.78 is 5.48. The third-order valence-corrected chi connectivity index (χ3v) is 5.42. The van der Waals surface area contributed by atoms with E-state index in [4.69, 9.17) is 16.3 Å². The number of nitrogens with zero attached hydrogens (tertiary/aromatic N) is 1. The van der Waals surface area contributed by atoms with Gasteiger partial charge in [0.25, 0.3) is 5.56 Å². The summed E-state index contributed by atoms with van der Waals surface area (Å²) in [6.45, 7) is 2.01. The monoisotopic (exact) mass is 382 g/mol. The molecule has 0 atom stereocenters. The molecule has 0 spiro atoms. The van der Waals surface area contributed by atoms with Gasteiger partial charge >= 0.3 is 0 Å². The Bertz CT molecular complexity index is 1180. The van der Waals surface area contributed by atoms with Crippen LogP contribution in [-0.4, -0.2) is 17.1 Å². The van der Waals surface area contributed by atoms with E-state index in [1.807, 2.05) is 48.7 Å². The SMILES string of the molecule is COc1ccc(C)cc1-c1csc2nc(-c3ccccc3Cl)[nH]c(=O)c12. The van der Waals surface area contributed by atoms with Crippen LogP contribution in [0, 0.1) is 6.92 Å². The predicted molar refractivity (Wildman–Crippen MR) is 107 cm³/mol. The topological polar surface area (TPSA) is 55.0 Å². The van der Waals surface area contributed by atoms with Gasteiger partial charge in [0.15, 0.2) is 0 Å². The fraction of sp³-hybridized carbons (Fsp3) is 0.100. The summed E-state index contributed by atoms with van der Waals surface area (Å²) in [5, 5.41) is 3.06. The fourth-order valence-electron chi connectivity index (χ4n) is 2.96. The molecular weight excluding hydrogens is 368 g/mol. The lowest BCUT2D eigenvalue weighted by Crippen LogP contribution is -2.09. The number of halogens is 1. The van der Waals surface area contributed by atoms with Gasteiger partial charge in [0, 0.05) is 22.1 Å². The van der Waals surface area contributed by atoms with Crippen LogP contribution in [0.4, 0.5) is 0 Å². The molecule has 0 saturated carbocycles. The zero-order valence-corrected chi connectivity index (χ0v) is 15.7. The van der Waals surface area contributed by atoms with Gasteiger partial charge in [0.05, 0.1) is 17.5 Å². The molecule has 4 aromatic rings. The fourth-order valence-corrected chi connectivity index (χ4v) is 4.12. The quantitative estimate of drug-likeness (QED) is 0.523. The molecular formula is C20H15ClN2O2S. The van der Waals surface area contributed by atoms with E-state index in [-0.39, 0.29) is 5.56 Å². The van der Waals surface area contributed by atoms with E-state index >= 15 is 0 Å². The lowest BCUT2D eigenvalue weighted by molar-refractivity contribution is 0.416. The Morgan fingerprint density at radius 1 is 1.12 bits per heavy atom. The third-order valence-electron chi connectivity index (χ3n) is 4.22. The van der Waals surface area contributed by atoms with Crippen molar-refractivity contribution in [1.29, 1.82) is 0 Å². The first-order valence-electron chi connectivity index (χ1n) is 8.00. The van der Waals surface area contributed by atoms with Crippen LogP contribution in [-0.2, 0) is 0 Å². The summed E-state index contributed by atoms with van der Waals surface area (Å²) in [7, 11) is 1.63. The Labute approximate surface area is 159 Å². The van der Waals surface area contributed by atoms with Crippen LogP contribution in [0.3, 0.4) is 0 Å². The van der Waals surface area contributed by atoms with Gasteiger partial charge in [-0.05, 0) is 31.2 Å². The number of nitrogens with one attached hydrogen (secondary N) is 1. The largest absolute Gasteiger partial charge is 0.496 e. The Hall–Kier alpha value is -2.63. The molecule has 130 valence electrons. The number of H-pyrrole nitrogens is 1. The number of benzene rings is 2. The number of hydrogen-bond donors (Lipinski definition) is 1. The third kappa shape index (κ3) is 2.79. The summed E-state index contributed by atoms with van der Waals surface area (Å²) in [5.74, 6) is 1.20. The van der Waals surface area contributed by atoms with Crippen molar-refractivity contribution < 1.29 is 4.74 Å². The first-order valence-corrected chi connectivity index (χ1v) is 9.25. The predicted octanol–water partition coefficient (Wildman–Crippen LogP) is 5.29. The lowest BCUT2D eigenvalue weighted by Gasteiger charge is -2.09. The van der Waals surface area contributed by atoms with E-state index in [1.165, 1.54) is 11.3 Å². The number of aryl methyl sites for hydroxylation is 1. The number of thiophene rings is 1. The highest BCUT2D eigenvalue weighted by Crippen LogP contribution is 2.37. The van der Waals surface area contributed by atoms with Crippen molar-refractivity contribution in [2.45, 2.75) is 6.92 Å². The van der Waals surface area contributed by atoms with Crippen molar-refractivity contribution in [3.63, 3.8) is 0 Å². The summed E-state index contributed by atoms with van der Waals surface area (Å²) in [4.78, 5) is 21.0. The molecule has 2 aromatic heterocycles. The van der Waals surface area contributed by atoms with Gasteiger partial charge in [0.1, 0.15) is 16.4 Å². The van der Waals surface area contributed by atoms with E-state index in [0.717, 1.165) is 22.4 Å². The second-order valence-electron chi connectivity index (χ2n) is 5.93. The molecule has 4 rings (SSSR count). The Balaban J connectivity index is 1.95. The number of hydrogen-bond acceptors (Lipinski definition) is 4. The number of ether oxygens (including phenoxy) is 1. The smallest absolute Gasteiger partial charge is 0.260 e. The summed E-state index contributed by atoms with van der Waals surface area (Å²) >= 11 is 7.68. The Kier molecular flexibility index (Phi) is 4.26. The maximum absolute atomic E-state index is 12.9. The van der Waals surface area contributed by atoms with E-state index in [9.17, 15) is 4.79 Å². The molecule has 2 aromatic carbocycles. The second-order valence-corrected chi connectivity index (χ2v) is 7.19. The van der Waals surface area contributed by atoms with Crippen LogP contribution in [0.1, 0.15) is 5.56 Å². The van der Waals surface area contributed by atoms with Crippen molar-refractivity contribution >= 4 is 33.2 Å². The normalized spacial score (nSPS) is 11.0. The number of aromatic amines is 1. The molecule has 0 fully saturated rings. The first kappa shape index (κ1) is 16.8. The van der Waals surface area contributed by atoms with Crippen molar-refractivity contribution in [1.82, 2.24) is 9.97 Å². The zero-order chi connectivity index (χ0) is 18.3. The van der Waals surface area contributed by atoms with E-state index < -0.39 is 0 Å². The van der Waals surface area contributed by atoms with Crippen LogP contribution < -0.4 is 10.3 Å². The number of aromatic nitrogens is 2. The van der Waals surface area contributed by atoms with E-state index in [1.54, 1.807) is 13.2 Å². The minimum atomic E-state index is -0.190. The molecule has 0 bridgehead atoms. The molecule has 0 radical (unpaired) electrons. The number of rotatable bonds is 3. The molecule has 0 aliphatic carbocycles. The molecule has 4 nitrogen and oxygen atoms in total. The number of methoxy groups -OCH3 is 1. The lowest BCUT2D eigenvalue weighted by atomic mass is 10.0. The Morgan fingerprint density at radius 3 is 2.69 bits per heavy atom. The van der Waals surface area contributed by atoms with Gasteiger partial charge in [-0.3, -0.25) is 4.79 Å². The molecule has 2 heterocycles. The van der Waals surface area contributed by atoms with E-state index in [0.29, 0.717) is 26.6 Å². The van der Waals surface area contributed by atoms with Gasteiger partial charge in [0.2, 0.25) is 0 Å². The highest BCUT2D eigenvalue weighted by atomic mass is 35.5. The molecule has 1 N–H and O–H groups in total. The minimum Gasteiger partial charge on any atom is -0.496 e. The zero-order valence-electron chi connectivity index (χ0n) is 14.2. The average molecular weight is 383 g/mol. The molecule has 0 amide bonds. The molecule has 6 heteroatoms. The first-order chi connectivity index (χ1) is 12.6. The van der Waals surface area contributed by atoms with Crippen LogP contribution in [0.25, 0.3) is 32.7 Å². The molecule has 0 unspecified atom stereocenters. The van der Waals surface area contributed by atoms with Crippen molar-refractivity contribution in [3.05, 3.63) is 68.8 Å². The van der Waals surface area contributed by atoms with Crippen molar-refractivity contribution in [2.24, 2.45) is 0 Å². The molecule has 0 saturated heterocycles. The highest BCUT2D eigenvalue weighted by Gasteiger charge is 2.17. The maximum Gasteiger partial charge on any atom is 0.260 e. The van der Waals surface area contributed by atoms with Crippen LogP contribution in [0.5, 0.6) is 5.75 Å². The second kappa shape index (κ2) is 6.59.